The van der Waals surface area contributed by atoms with Gasteiger partial charge in [0.15, 0.2) is 0 Å². The molecule has 100 valence electrons. The van der Waals surface area contributed by atoms with Gasteiger partial charge in [-0.05, 0) is 43.7 Å². The molecule has 2 aromatic rings. The van der Waals surface area contributed by atoms with Gasteiger partial charge in [0, 0.05) is 20.7 Å². The minimum atomic E-state index is 0.0970. The molecule has 2 N–H and O–H groups in total. The largest absolute Gasteiger partial charge is 0.327 e. The van der Waals surface area contributed by atoms with Crippen molar-refractivity contribution in [2.45, 2.75) is 30.0 Å². The van der Waals surface area contributed by atoms with Gasteiger partial charge in [-0.1, -0.05) is 45.8 Å². The van der Waals surface area contributed by atoms with Gasteiger partial charge in [-0.25, -0.2) is 0 Å². The second-order valence-electron chi connectivity index (χ2n) is 4.77. The molecule has 0 bridgehead atoms. The third-order valence-electron chi connectivity index (χ3n) is 2.91. The summed E-state index contributed by atoms with van der Waals surface area (Å²) in [5.41, 5.74) is 8.71. The summed E-state index contributed by atoms with van der Waals surface area (Å²) in [6.45, 7) is 4.18. The third kappa shape index (κ3) is 4.10. The topological polar surface area (TPSA) is 26.0 Å². The lowest BCUT2D eigenvalue weighted by Crippen LogP contribution is -2.22. The number of rotatable bonds is 4. The molecule has 0 spiro atoms. The van der Waals surface area contributed by atoms with Crippen molar-refractivity contribution in [2.24, 2.45) is 5.73 Å². The van der Waals surface area contributed by atoms with Crippen LogP contribution < -0.4 is 5.73 Å². The standard InChI is InChI=1S/C16H18BrNS/c1-11-5-3-8-15(9-11)19-16(12(2)18)13-6-4-7-14(17)10-13/h3-10,12,16H,18H2,1-2H3. The van der Waals surface area contributed by atoms with Crippen LogP contribution in [0.4, 0.5) is 0 Å². The number of hydrogen-bond donors (Lipinski definition) is 1. The van der Waals surface area contributed by atoms with Gasteiger partial charge in [-0.2, -0.15) is 0 Å². The van der Waals surface area contributed by atoms with Crippen LogP contribution in [0.15, 0.2) is 57.9 Å². The molecule has 0 fully saturated rings. The average Bonchev–Trinajstić information content (AvgIpc) is 2.35. The molecular weight excluding hydrogens is 318 g/mol. The Bertz CT molecular complexity index is 554. The molecule has 2 rings (SSSR count). The van der Waals surface area contributed by atoms with E-state index in [1.54, 1.807) is 0 Å². The van der Waals surface area contributed by atoms with E-state index >= 15 is 0 Å². The maximum atomic E-state index is 6.17. The molecule has 2 aromatic carbocycles. The normalized spacial score (nSPS) is 14.1. The first-order chi connectivity index (χ1) is 9.06. The highest BCUT2D eigenvalue weighted by Gasteiger charge is 2.18. The summed E-state index contributed by atoms with van der Waals surface area (Å²) in [4.78, 5) is 1.27. The molecular formula is C16H18BrNS. The van der Waals surface area contributed by atoms with Crippen molar-refractivity contribution < 1.29 is 0 Å². The zero-order valence-corrected chi connectivity index (χ0v) is 13.5. The van der Waals surface area contributed by atoms with Gasteiger partial charge in [-0.3, -0.25) is 0 Å². The van der Waals surface area contributed by atoms with Crippen LogP contribution in [0.25, 0.3) is 0 Å². The molecule has 19 heavy (non-hydrogen) atoms. The van der Waals surface area contributed by atoms with Gasteiger partial charge in [0.2, 0.25) is 0 Å². The van der Waals surface area contributed by atoms with Crippen molar-refractivity contribution in [3.63, 3.8) is 0 Å². The van der Waals surface area contributed by atoms with Crippen LogP contribution in [-0.4, -0.2) is 6.04 Å². The summed E-state index contributed by atoms with van der Waals surface area (Å²) in [6, 6.07) is 17.0. The van der Waals surface area contributed by atoms with Crippen molar-refractivity contribution in [2.75, 3.05) is 0 Å². The molecule has 0 aliphatic heterocycles. The van der Waals surface area contributed by atoms with Crippen LogP contribution in [0.3, 0.4) is 0 Å². The number of aryl methyl sites for hydroxylation is 1. The molecule has 3 heteroatoms. The van der Waals surface area contributed by atoms with E-state index in [2.05, 4.69) is 72.2 Å². The maximum absolute atomic E-state index is 6.17. The highest BCUT2D eigenvalue weighted by molar-refractivity contribution is 9.10. The van der Waals surface area contributed by atoms with E-state index in [0.29, 0.717) is 0 Å². The van der Waals surface area contributed by atoms with E-state index in [-0.39, 0.29) is 11.3 Å². The van der Waals surface area contributed by atoms with Crippen LogP contribution in [0.2, 0.25) is 0 Å². The molecule has 0 saturated carbocycles. The van der Waals surface area contributed by atoms with Gasteiger partial charge in [0.1, 0.15) is 0 Å². The lowest BCUT2D eigenvalue weighted by Gasteiger charge is -2.21. The van der Waals surface area contributed by atoms with Crippen molar-refractivity contribution in [1.29, 1.82) is 0 Å². The average molecular weight is 336 g/mol. The fourth-order valence-electron chi connectivity index (χ4n) is 2.00. The zero-order valence-electron chi connectivity index (χ0n) is 11.1. The van der Waals surface area contributed by atoms with Gasteiger partial charge in [0.25, 0.3) is 0 Å². The van der Waals surface area contributed by atoms with E-state index < -0.39 is 0 Å². The van der Waals surface area contributed by atoms with E-state index in [4.69, 9.17) is 5.73 Å². The van der Waals surface area contributed by atoms with Crippen LogP contribution in [0, 0.1) is 6.92 Å². The first-order valence-corrected chi connectivity index (χ1v) is 7.98. The van der Waals surface area contributed by atoms with Gasteiger partial charge >= 0.3 is 0 Å². The molecule has 0 saturated heterocycles. The predicted octanol–water partition coefficient (Wildman–Crippen LogP) is 4.94. The number of benzene rings is 2. The Kier molecular flexibility index (Phi) is 5.08. The second kappa shape index (κ2) is 6.60. The molecule has 0 heterocycles. The van der Waals surface area contributed by atoms with Gasteiger partial charge in [-0.15, -0.1) is 11.8 Å². The molecule has 0 radical (unpaired) electrons. The fourth-order valence-corrected chi connectivity index (χ4v) is 3.62. The Hall–Kier alpha value is -0.770. The Balaban J connectivity index is 2.26. The smallest absolute Gasteiger partial charge is 0.0493 e. The summed E-state index contributed by atoms with van der Waals surface area (Å²) in [5, 5.41) is 0.263. The van der Waals surface area contributed by atoms with E-state index in [9.17, 15) is 0 Å². The summed E-state index contributed by atoms with van der Waals surface area (Å²) >= 11 is 5.35. The fraction of sp³-hybridized carbons (Fsp3) is 0.250. The molecule has 2 unspecified atom stereocenters. The summed E-state index contributed by atoms with van der Waals surface area (Å²) < 4.78 is 1.10. The lowest BCUT2D eigenvalue weighted by atomic mass is 10.1. The predicted molar refractivity (Wildman–Crippen MR) is 87.6 cm³/mol. The Morgan fingerprint density at radius 2 is 1.84 bits per heavy atom. The molecule has 0 aromatic heterocycles. The van der Waals surface area contributed by atoms with E-state index in [1.165, 1.54) is 16.0 Å². The number of thioether (sulfide) groups is 1. The minimum Gasteiger partial charge on any atom is -0.327 e. The van der Waals surface area contributed by atoms with Crippen LogP contribution in [0.5, 0.6) is 0 Å². The summed E-state index contributed by atoms with van der Waals surface area (Å²) in [7, 11) is 0. The van der Waals surface area contributed by atoms with E-state index in [1.807, 2.05) is 17.8 Å². The summed E-state index contributed by atoms with van der Waals surface area (Å²) in [6.07, 6.45) is 0. The summed E-state index contributed by atoms with van der Waals surface area (Å²) in [5.74, 6) is 0. The van der Waals surface area contributed by atoms with Crippen LogP contribution in [0.1, 0.15) is 23.3 Å². The highest BCUT2D eigenvalue weighted by atomic mass is 79.9. The Morgan fingerprint density at radius 3 is 2.47 bits per heavy atom. The van der Waals surface area contributed by atoms with E-state index in [0.717, 1.165) is 4.47 Å². The highest BCUT2D eigenvalue weighted by Crippen LogP contribution is 2.38. The van der Waals surface area contributed by atoms with Crippen LogP contribution >= 0.6 is 27.7 Å². The monoisotopic (exact) mass is 335 g/mol. The number of hydrogen-bond acceptors (Lipinski definition) is 2. The van der Waals surface area contributed by atoms with Crippen LogP contribution in [-0.2, 0) is 0 Å². The lowest BCUT2D eigenvalue weighted by molar-refractivity contribution is 0.721. The van der Waals surface area contributed by atoms with Crippen molar-refractivity contribution in [1.82, 2.24) is 0 Å². The quantitative estimate of drug-likeness (QED) is 0.801. The van der Waals surface area contributed by atoms with Crippen molar-refractivity contribution in [3.8, 4) is 0 Å². The number of nitrogens with two attached hydrogens (primary N) is 1. The van der Waals surface area contributed by atoms with Gasteiger partial charge in [0.05, 0.1) is 0 Å². The first-order valence-electron chi connectivity index (χ1n) is 6.30. The zero-order chi connectivity index (χ0) is 13.8. The van der Waals surface area contributed by atoms with Crippen molar-refractivity contribution in [3.05, 3.63) is 64.1 Å². The molecule has 0 amide bonds. The Morgan fingerprint density at radius 1 is 1.11 bits per heavy atom. The molecule has 2 atom stereocenters. The second-order valence-corrected chi connectivity index (χ2v) is 6.90. The number of halogens is 1. The maximum Gasteiger partial charge on any atom is 0.0493 e. The first kappa shape index (κ1) is 14.6. The minimum absolute atomic E-state index is 0.0970. The van der Waals surface area contributed by atoms with Crippen molar-refractivity contribution >= 4 is 27.7 Å². The molecule has 0 aliphatic rings. The van der Waals surface area contributed by atoms with Gasteiger partial charge < -0.3 is 5.73 Å². The SMILES string of the molecule is Cc1cccc(SC(c2cccc(Br)c2)C(C)N)c1. The Labute approximate surface area is 127 Å². The molecule has 0 aliphatic carbocycles. The molecule has 1 nitrogen and oxygen atoms in total. The third-order valence-corrected chi connectivity index (χ3v) is 4.88.